The van der Waals surface area contributed by atoms with Crippen LogP contribution in [0, 0.1) is 11.3 Å². The van der Waals surface area contributed by atoms with Crippen molar-refractivity contribution in [3.63, 3.8) is 0 Å². The van der Waals surface area contributed by atoms with E-state index < -0.39 is 5.60 Å². The number of carbonyl (C=O) groups is 2. The van der Waals surface area contributed by atoms with Crippen LogP contribution in [0.25, 0.3) is 5.57 Å². The summed E-state index contributed by atoms with van der Waals surface area (Å²) in [7, 11) is 0. The molecule has 2 saturated heterocycles. The van der Waals surface area contributed by atoms with Crippen LogP contribution < -0.4 is 20.7 Å². The van der Waals surface area contributed by atoms with E-state index in [4.69, 9.17) is 73.9 Å². The third kappa shape index (κ3) is 7.76. The molecular weight excluding hydrogens is 706 g/mol. The number of allylic oxidation sites excluding steroid dienone is 1. The summed E-state index contributed by atoms with van der Waals surface area (Å²) in [5.74, 6) is -0.411. The Morgan fingerprint density at radius 2 is 1.74 bits per heavy atom. The van der Waals surface area contributed by atoms with Crippen molar-refractivity contribution in [3.05, 3.63) is 60.6 Å². The Labute approximate surface area is 300 Å². The lowest BCUT2D eigenvalue weighted by atomic mass is 9.95. The molecule has 47 heavy (non-hydrogen) atoms. The molecule has 254 valence electrons. The number of nitrogens with one attached hydrogen (secondary N) is 2. The maximum absolute atomic E-state index is 14.1. The molecule has 4 N–H and O–H groups in total. The maximum atomic E-state index is 14.1. The summed E-state index contributed by atoms with van der Waals surface area (Å²) >= 11 is 33.7. The second-order valence-corrected chi connectivity index (χ2v) is 14.6. The number of ether oxygens (including phenoxy) is 1. The minimum Gasteiger partial charge on any atom is -0.475 e. The number of halogens is 5. The number of benzene rings is 2. The molecule has 1 atom stereocenters. The zero-order valence-electron chi connectivity index (χ0n) is 26.4. The van der Waals surface area contributed by atoms with Crippen molar-refractivity contribution < 1.29 is 14.3 Å². The molecule has 9 nitrogen and oxygen atoms in total. The van der Waals surface area contributed by atoms with Crippen LogP contribution in [0.2, 0.25) is 25.1 Å². The van der Waals surface area contributed by atoms with E-state index >= 15 is 0 Å². The number of rotatable bonds is 10. The monoisotopic (exact) mass is 742 g/mol. The van der Waals surface area contributed by atoms with E-state index in [2.05, 4.69) is 5.32 Å². The molecule has 0 bridgehead atoms. The van der Waals surface area contributed by atoms with E-state index in [9.17, 15) is 9.59 Å². The number of nitrogens with zero attached hydrogens (tertiary/aromatic N) is 3. The Kier molecular flexibility index (Phi) is 11.5. The Morgan fingerprint density at radius 3 is 2.36 bits per heavy atom. The van der Waals surface area contributed by atoms with Gasteiger partial charge in [-0.2, -0.15) is 0 Å². The van der Waals surface area contributed by atoms with E-state index in [0.29, 0.717) is 68.5 Å². The number of nitrogens with two attached hydrogens (primary N) is 1. The molecule has 2 heterocycles. The predicted molar refractivity (Wildman–Crippen MR) is 192 cm³/mol. The van der Waals surface area contributed by atoms with E-state index in [1.807, 2.05) is 21.9 Å². The number of carbonyl (C=O) groups excluding carboxylic acids is 2. The summed E-state index contributed by atoms with van der Waals surface area (Å²) < 4.78 is 6.26. The first-order valence-electron chi connectivity index (χ1n) is 15.7. The molecule has 5 rings (SSSR count). The third-order valence-corrected chi connectivity index (χ3v) is 10.9. The molecule has 0 unspecified atom stereocenters. The highest BCUT2D eigenvalue weighted by Crippen LogP contribution is 2.52. The summed E-state index contributed by atoms with van der Waals surface area (Å²) in [6, 6.07) is 5.65. The van der Waals surface area contributed by atoms with Gasteiger partial charge in [0, 0.05) is 74.9 Å². The largest absolute Gasteiger partial charge is 0.475 e. The van der Waals surface area contributed by atoms with Gasteiger partial charge in [0.25, 0.3) is 5.91 Å². The summed E-state index contributed by atoms with van der Waals surface area (Å²) in [5.41, 5.74) is 6.90. The molecule has 2 aromatic carbocycles. The maximum Gasteiger partial charge on any atom is 0.266 e. The molecule has 1 saturated carbocycles. The minimum absolute atomic E-state index is 0.0220. The van der Waals surface area contributed by atoms with Crippen LogP contribution >= 0.6 is 58.0 Å². The van der Waals surface area contributed by atoms with E-state index in [1.165, 1.54) is 12.4 Å². The Morgan fingerprint density at radius 1 is 1.04 bits per heavy atom. The second-order valence-electron chi connectivity index (χ2n) is 12.6. The summed E-state index contributed by atoms with van der Waals surface area (Å²) in [6.45, 7) is 7.20. The number of amides is 2. The fourth-order valence-electron chi connectivity index (χ4n) is 6.17. The minimum atomic E-state index is -1.29. The fraction of sp³-hybridized carbons (Fsp3) is 0.485. The van der Waals surface area contributed by atoms with Crippen LogP contribution in [-0.2, 0) is 16.1 Å². The lowest BCUT2D eigenvalue weighted by molar-refractivity contribution is -0.146. The highest BCUT2D eigenvalue weighted by molar-refractivity contribution is 6.52. The van der Waals surface area contributed by atoms with Crippen LogP contribution in [-0.4, -0.2) is 78.7 Å². The van der Waals surface area contributed by atoms with Crippen molar-refractivity contribution in [2.24, 2.45) is 11.7 Å². The van der Waals surface area contributed by atoms with Gasteiger partial charge in [0.1, 0.15) is 10.0 Å². The van der Waals surface area contributed by atoms with Gasteiger partial charge in [-0.15, -0.1) is 0 Å². The fourth-order valence-corrected chi connectivity index (χ4v) is 7.61. The molecule has 3 aliphatic rings. The number of hydrogen-bond acceptors (Lipinski definition) is 7. The highest BCUT2D eigenvalue weighted by Gasteiger charge is 2.40. The van der Waals surface area contributed by atoms with Crippen LogP contribution in [0.15, 0.2) is 24.4 Å². The zero-order valence-corrected chi connectivity index (χ0v) is 30.1. The number of piperidine rings is 1. The summed E-state index contributed by atoms with van der Waals surface area (Å²) in [5, 5.41) is 11.7. The molecule has 2 amide bonds. The molecule has 1 aliphatic carbocycles. The van der Waals surface area contributed by atoms with Crippen molar-refractivity contribution in [3.8, 4) is 5.75 Å². The van der Waals surface area contributed by atoms with Gasteiger partial charge in [-0.25, -0.2) is 0 Å². The van der Waals surface area contributed by atoms with Crippen LogP contribution in [0.1, 0.15) is 50.7 Å². The topological polar surface area (TPSA) is 115 Å². The molecule has 3 fully saturated rings. The van der Waals surface area contributed by atoms with Crippen molar-refractivity contribution in [2.45, 2.75) is 57.7 Å². The zero-order chi connectivity index (χ0) is 34.0. The van der Waals surface area contributed by atoms with Crippen molar-refractivity contribution >= 4 is 87.3 Å². The van der Waals surface area contributed by atoms with Crippen LogP contribution in [0.3, 0.4) is 0 Å². The molecule has 14 heteroatoms. The van der Waals surface area contributed by atoms with Gasteiger partial charge in [0.05, 0.1) is 21.7 Å². The number of piperazine rings is 1. The average molecular weight is 745 g/mol. The first kappa shape index (κ1) is 35.9. The Bertz CT molecular complexity index is 1570. The van der Waals surface area contributed by atoms with Gasteiger partial charge in [0.2, 0.25) is 5.91 Å². The normalized spacial score (nSPS) is 19.0. The first-order chi connectivity index (χ1) is 22.4. The van der Waals surface area contributed by atoms with Crippen molar-refractivity contribution in [2.75, 3.05) is 44.2 Å². The molecule has 0 spiro atoms. The van der Waals surface area contributed by atoms with Crippen molar-refractivity contribution in [1.29, 1.82) is 5.41 Å². The van der Waals surface area contributed by atoms with Gasteiger partial charge in [-0.3, -0.25) is 9.59 Å². The summed E-state index contributed by atoms with van der Waals surface area (Å²) in [4.78, 5) is 33.2. The lowest BCUT2D eigenvalue weighted by Crippen LogP contribution is -2.54. The quantitative estimate of drug-likeness (QED) is 0.139. The molecule has 2 aliphatic heterocycles. The average Bonchev–Trinajstić information content (AvgIpc) is 3.91. The van der Waals surface area contributed by atoms with Gasteiger partial charge in [-0.1, -0.05) is 70.1 Å². The lowest BCUT2D eigenvalue weighted by Gasteiger charge is -2.38. The van der Waals surface area contributed by atoms with Crippen LogP contribution in [0.5, 0.6) is 5.75 Å². The van der Waals surface area contributed by atoms with Crippen molar-refractivity contribution in [1.82, 2.24) is 15.1 Å². The molecule has 2 aromatic rings. The molecule has 0 aromatic heterocycles. The molecular formula is C33H39Cl5N6O3. The van der Waals surface area contributed by atoms with E-state index in [-0.39, 0.29) is 49.6 Å². The van der Waals surface area contributed by atoms with E-state index in [0.717, 1.165) is 30.4 Å². The van der Waals surface area contributed by atoms with Gasteiger partial charge >= 0.3 is 0 Å². The number of anilines is 1. The van der Waals surface area contributed by atoms with Gasteiger partial charge in [-0.05, 0) is 56.7 Å². The third-order valence-electron chi connectivity index (χ3n) is 8.90. The Balaban J connectivity index is 1.37. The SMILES string of the molecule is CC(C)(Oc1c(Cl)c(Cl)c(Cl)c(N2CCC[C@@H](C(=O)N(Cc3ccc(/C(C=N)=C/N)cc3Cl)C3CC3)C2)c1Cl)C(=O)N1CCNCC1. The first-order valence-corrected chi connectivity index (χ1v) is 17.6. The standard InChI is InChI=1S/C33H39Cl5N6O3/c1-33(2,32(46)42-12-9-41-10-13-42)47-30-27(37)25(35)26(36)29(28(30)38)43-11-3-4-21(17-43)31(45)44(23-7-8-23)18-20-6-5-19(14-24(20)34)22(15-39)16-40/h5-6,14-16,21,23,39,41H,3-4,7-13,17-18,40H2,1-2H3/b22-16+,39-15?/t21-/m1/s1. The van der Waals surface area contributed by atoms with Gasteiger partial charge in [0.15, 0.2) is 11.4 Å². The smallest absolute Gasteiger partial charge is 0.266 e. The highest BCUT2D eigenvalue weighted by atomic mass is 35.5. The van der Waals surface area contributed by atoms with E-state index in [1.54, 1.807) is 24.8 Å². The van der Waals surface area contributed by atoms with Gasteiger partial charge < -0.3 is 35.9 Å². The summed E-state index contributed by atoms with van der Waals surface area (Å²) in [6.07, 6.45) is 5.82. The Hall–Kier alpha value is -2.40. The predicted octanol–water partition coefficient (Wildman–Crippen LogP) is 6.90. The van der Waals surface area contributed by atoms with Crippen LogP contribution in [0.4, 0.5) is 5.69 Å². The molecule has 0 radical (unpaired) electrons. The number of hydrogen-bond donors (Lipinski definition) is 3. The second kappa shape index (κ2) is 15.0.